The molecular formula is C21H30ClN5O2S. The first kappa shape index (κ1) is 24.1. The summed E-state index contributed by atoms with van der Waals surface area (Å²) in [4.78, 5) is 22.4. The number of likely N-dealkylation sites (N-methyl/N-ethyl adjacent to an activating group) is 1. The van der Waals surface area contributed by atoms with Gasteiger partial charge in [0.25, 0.3) is 5.91 Å². The fourth-order valence-electron chi connectivity index (χ4n) is 3.46. The third kappa shape index (κ3) is 4.94. The van der Waals surface area contributed by atoms with Crippen molar-refractivity contribution in [3.63, 3.8) is 0 Å². The fourth-order valence-corrected chi connectivity index (χ4v) is 4.50. The summed E-state index contributed by atoms with van der Waals surface area (Å²) in [6.07, 6.45) is 1.70. The summed E-state index contributed by atoms with van der Waals surface area (Å²) in [5.74, 6) is 0.189. The summed E-state index contributed by atoms with van der Waals surface area (Å²) < 4.78 is 8.04. The minimum Gasteiger partial charge on any atom is -0.479 e. The maximum Gasteiger partial charge on any atom is 0.267 e. The van der Waals surface area contributed by atoms with Crippen LogP contribution in [0.25, 0.3) is 10.2 Å². The van der Waals surface area contributed by atoms with Gasteiger partial charge >= 0.3 is 0 Å². The number of benzene rings is 1. The summed E-state index contributed by atoms with van der Waals surface area (Å²) in [6, 6.07) is 4.22. The predicted molar refractivity (Wildman–Crippen MR) is 126 cm³/mol. The molecule has 9 heteroatoms. The van der Waals surface area contributed by atoms with Gasteiger partial charge in [0, 0.05) is 26.3 Å². The first-order valence-corrected chi connectivity index (χ1v) is 10.7. The Morgan fingerprint density at radius 1 is 1.20 bits per heavy atom. The lowest BCUT2D eigenvalue weighted by molar-refractivity contribution is 0.0981. The Balaban J connectivity index is 0.00000320. The largest absolute Gasteiger partial charge is 0.479 e. The van der Waals surface area contributed by atoms with Crippen LogP contribution in [0.5, 0.6) is 5.88 Å². The van der Waals surface area contributed by atoms with Gasteiger partial charge in [0.05, 0.1) is 17.3 Å². The highest BCUT2D eigenvalue weighted by Gasteiger charge is 2.26. The van der Waals surface area contributed by atoms with E-state index in [9.17, 15) is 4.79 Å². The number of methoxy groups -OCH3 is 1. The van der Waals surface area contributed by atoms with E-state index in [2.05, 4.69) is 49.8 Å². The molecule has 0 radical (unpaired) electrons. The van der Waals surface area contributed by atoms with Crippen molar-refractivity contribution in [2.24, 2.45) is 7.05 Å². The second-order valence-corrected chi connectivity index (χ2v) is 8.11. The molecule has 3 aromatic rings. The molecule has 3 rings (SSSR count). The molecule has 0 spiro atoms. The van der Waals surface area contributed by atoms with Gasteiger partial charge in [-0.25, -0.2) is 4.98 Å². The summed E-state index contributed by atoms with van der Waals surface area (Å²) >= 11 is 1.56. The number of ether oxygens (including phenoxy) is 1. The van der Waals surface area contributed by atoms with Gasteiger partial charge in [-0.2, -0.15) is 0 Å². The van der Waals surface area contributed by atoms with E-state index < -0.39 is 0 Å². The predicted octanol–water partition coefficient (Wildman–Crippen LogP) is 4.07. The molecule has 0 saturated carbocycles. The molecule has 1 aromatic carbocycles. The molecule has 0 aliphatic carbocycles. The molecule has 30 heavy (non-hydrogen) atoms. The molecule has 0 aliphatic heterocycles. The number of hydrogen-bond acceptors (Lipinski definition) is 6. The maximum atomic E-state index is 13.5. The normalized spacial score (nSPS) is 11.0. The summed E-state index contributed by atoms with van der Waals surface area (Å²) in [5, 5.41) is 4.95. The van der Waals surface area contributed by atoms with Crippen molar-refractivity contribution in [3.05, 3.63) is 35.0 Å². The second kappa shape index (κ2) is 10.2. The highest BCUT2D eigenvalue weighted by molar-refractivity contribution is 7.22. The number of aromatic nitrogens is 3. The smallest absolute Gasteiger partial charge is 0.267 e. The van der Waals surface area contributed by atoms with Gasteiger partial charge in [0.15, 0.2) is 5.13 Å². The molecule has 7 nitrogen and oxygen atoms in total. The van der Waals surface area contributed by atoms with Gasteiger partial charge < -0.3 is 9.64 Å². The van der Waals surface area contributed by atoms with Crippen molar-refractivity contribution in [2.75, 3.05) is 38.2 Å². The number of aryl methyl sites for hydroxylation is 3. The van der Waals surface area contributed by atoms with Crippen LogP contribution in [0.2, 0.25) is 0 Å². The minimum atomic E-state index is -0.143. The highest BCUT2D eigenvalue weighted by Crippen LogP contribution is 2.33. The average Bonchev–Trinajstić information content (AvgIpc) is 3.28. The van der Waals surface area contributed by atoms with E-state index >= 15 is 0 Å². The lowest BCUT2D eigenvalue weighted by atomic mass is 10.1. The number of rotatable bonds is 8. The topological polar surface area (TPSA) is 63.5 Å². The van der Waals surface area contributed by atoms with E-state index in [4.69, 9.17) is 9.72 Å². The molecule has 0 bridgehead atoms. The first-order valence-electron chi connectivity index (χ1n) is 9.87. The van der Waals surface area contributed by atoms with Crippen LogP contribution in [-0.4, -0.2) is 58.9 Å². The third-order valence-corrected chi connectivity index (χ3v) is 6.27. The number of carbonyl (C=O) groups excluding carboxylic acids is 1. The maximum absolute atomic E-state index is 13.5. The van der Waals surface area contributed by atoms with E-state index in [-0.39, 0.29) is 18.3 Å². The second-order valence-electron chi connectivity index (χ2n) is 7.14. The average molecular weight is 452 g/mol. The Labute approximate surface area is 188 Å². The van der Waals surface area contributed by atoms with E-state index in [0.29, 0.717) is 23.1 Å². The summed E-state index contributed by atoms with van der Waals surface area (Å²) in [5.41, 5.74) is 3.73. The first-order chi connectivity index (χ1) is 13.9. The fraction of sp³-hybridized carbons (Fsp3) is 0.476. The van der Waals surface area contributed by atoms with E-state index in [1.54, 1.807) is 34.2 Å². The zero-order valence-corrected chi connectivity index (χ0v) is 20.1. The van der Waals surface area contributed by atoms with Crippen LogP contribution in [0.15, 0.2) is 18.3 Å². The molecule has 2 aromatic heterocycles. The van der Waals surface area contributed by atoms with Crippen LogP contribution in [0.3, 0.4) is 0 Å². The Bertz CT molecular complexity index is 1010. The molecule has 0 aliphatic rings. The molecular weight excluding hydrogens is 422 g/mol. The molecule has 0 fully saturated rings. The van der Waals surface area contributed by atoms with Crippen molar-refractivity contribution >= 4 is 45.0 Å². The number of nitrogens with zero attached hydrogens (tertiary/aromatic N) is 5. The molecule has 0 N–H and O–H groups in total. The minimum absolute atomic E-state index is 0. The van der Waals surface area contributed by atoms with Crippen LogP contribution in [0.4, 0.5) is 5.13 Å². The van der Waals surface area contributed by atoms with E-state index in [0.717, 1.165) is 29.9 Å². The number of hydrogen-bond donors (Lipinski definition) is 0. The van der Waals surface area contributed by atoms with Gasteiger partial charge in [-0.3, -0.25) is 14.4 Å². The third-order valence-electron chi connectivity index (χ3n) is 5.04. The molecule has 1 amide bonds. The Morgan fingerprint density at radius 3 is 2.53 bits per heavy atom. The zero-order chi connectivity index (χ0) is 21.1. The molecule has 0 saturated heterocycles. The van der Waals surface area contributed by atoms with Crippen molar-refractivity contribution in [3.8, 4) is 5.88 Å². The molecule has 2 heterocycles. The lowest BCUT2D eigenvalue weighted by Crippen LogP contribution is -2.38. The molecule has 0 atom stereocenters. The van der Waals surface area contributed by atoms with Crippen molar-refractivity contribution < 1.29 is 9.53 Å². The standard InChI is InChI=1S/C21H29N5O2S.ClH/c1-7-25(8-2)9-10-26(20(27)16-13-24(5)23-19(16)28-6)21-22-17-12-14(3)11-15(4)18(17)29-21;/h11-13H,7-10H2,1-6H3;1H. The number of amides is 1. The van der Waals surface area contributed by atoms with Gasteiger partial charge in [0.2, 0.25) is 5.88 Å². The summed E-state index contributed by atoms with van der Waals surface area (Å²) in [6.45, 7) is 11.6. The number of fused-ring (bicyclic) bond motifs is 1. The number of halogens is 1. The van der Waals surface area contributed by atoms with Crippen molar-refractivity contribution in [2.45, 2.75) is 27.7 Å². The van der Waals surface area contributed by atoms with Crippen LogP contribution in [0.1, 0.15) is 35.3 Å². The van der Waals surface area contributed by atoms with E-state index in [1.807, 2.05) is 0 Å². The van der Waals surface area contributed by atoms with Crippen molar-refractivity contribution in [1.29, 1.82) is 0 Å². The van der Waals surface area contributed by atoms with Gasteiger partial charge in [-0.15, -0.1) is 17.5 Å². The Morgan fingerprint density at radius 2 is 1.90 bits per heavy atom. The number of anilines is 1. The van der Waals surface area contributed by atoms with Crippen LogP contribution in [0, 0.1) is 13.8 Å². The van der Waals surface area contributed by atoms with Crippen molar-refractivity contribution in [1.82, 2.24) is 19.7 Å². The van der Waals surface area contributed by atoms with Crippen LogP contribution >= 0.6 is 23.7 Å². The lowest BCUT2D eigenvalue weighted by Gasteiger charge is -2.24. The quantitative estimate of drug-likeness (QED) is 0.516. The zero-order valence-electron chi connectivity index (χ0n) is 18.4. The molecule has 0 unspecified atom stereocenters. The number of carbonyl (C=O) groups is 1. The monoisotopic (exact) mass is 451 g/mol. The van der Waals surface area contributed by atoms with Gasteiger partial charge in [-0.05, 0) is 44.1 Å². The Hall–Kier alpha value is -2.16. The highest BCUT2D eigenvalue weighted by atomic mass is 35.5. The van der Waals surface area contributed by atoms with E-state index in [1.165, 1.54) is 18.2 Å². The Kier molecular flexibility index (Phi) is 8.23. The van der Waals surface area contributed by atoms with Crippen LogP contribution < -0.4 is 9.64 Å². The summed E-state index contributed by atoms with van der Waals surface area (Å²) in [7, 11) is 3.31. The van der Waals surface area contributed by atoms with Gasteiger partial charge in [-0.1, -0.05) is 31.3 Å². The van der Waals surface area contributed by atoms with Gasteiger partial charge in [0.1, 0.15) is 5.56 Å². The van der Waals surface area contributed by atoms with Crippen LogP contribution in [-0.2, 0) is 7.05 Å². The molecule has 164 valence electrons. The number of thiazole rings is 1. The SMILES string of the molecule is CCN(CC)CCN(C(=O)c1cn(C)nc1OC)c1nc2cc(C)cc(C)c2s1.Cl.